The molecule has 0 bridgehead atoms. The van der Waals surface area contributed by atoms with Crippen LogP contribution in [0, 0.1) is 0 Å². The zero-order chi connectivity index (χ0) is 29.8. The van der Waals surface area contributed by atoms with E-state index in [1.54, 1.807) is 0 Å². The number of hydrogen-bond donors (Lipinski definition) is 0. The van der Waals surface area contributed by atoms with Crippen molar-refractivity contribution in [2.45, 2.75) is 20.8 Å². The van der Waals surface area contributed by atoms with Gasteiger partial charge in [-0.3, -0.25) is 0 Å². The molecule has 0 aliphatic heterocycles. The Balaban J connectivity index is 0.00000161. The van der Waals surface area contributed by atoms with Gasteiger partial charge in [-0.2, -0.15) is 0 Å². The zero-order valence-electron chi connectivity index (χ0n) is 25.1. The predicted molar refractivity (Wildman–Crippen MR) is 191 cm³/mol. The summed E-state index contributed by atoms with van der Waals surface area (Å²) in [5.74, 6) is 0. The van der Waals surface area contributed by atoms with E-state index in [9.17, 15) is 0 Å². The molecular weight excluding hydrogens is 516 g/mol. The summed E-state index contributed by atoms with van der Waals surface area (Å²) in [5, 5.41) is 7.61. The zero-order valence-corrected chi connectivity index (χ0v) is 25.1. The summed E-state index contributed by atoms with van der Waals surface area (Å²) in [4.78, 5) is 0. The minimum absolute atomic E-state index is 1.14. The van der Waals surface area contributed by atoms with Gasteiger partial charge in [-0.25, -0.2) is 0 Å². The third-order valence-electron chi connectivity index (χ3n) is 8.13. The summed E-state index contributed by atoms with van der Waals surface area (Å²) in [6.07, 6.45) is 6.14. The van der Waals surface area contributed by atoms with E-state index >= 15 is 0 Å². The highest BCUT2D eigenvalue weighted by molar-refractivity contribution is 6.23. The molecule has 7 aromatic carbocycles. The third kappa shape index (κ3) is 5.07. The average Bonchev–Trinajstić information content (AvgIpc) is 3.08. The molecule has 0 saturated carbocycles. The Kier molecular flexibility index (Phi) is 8.03. The Morgan fingerprint density at radius 2 is 1.00 bits per heavy atom. The summed E-state index contributed by atoms with van der Waals surface area (Å²) in [6, 6.07) is 48.7. The molecular formula is C43H36. The van der Waals surface area contributed by atoms with E-state index in [2.05, 4.69) is 152 Å². The second kappa shape index (κ2) is 12.3. The van der Waals surface area contributed by atoms with Crippen LogP contribution in [-0.2, 0) is 0 Å². The van der Waals surface area contributed by atoms with Gasteiger partial charge in [-0.05, 0) is 95.9 Å². The van der Waals surface area contributed by atoms with Gasteiger partial charge in [-0.15, -0.1) is 0 Å². The molecule has 0 heterocycles. The van der Waals surface area contributed by atoms with Gasteiger partial charge in [0.2, 0.25) is 0 Å². The smallest absolute Gasteiger partial charge is 0.00201 e. The predicted octanol–water partition coefficient (Wildman–Crippen LogP) is 12.8. The summed E-state index contributed by atoms with van der Waals surface area (Å²) in [7, 11) is 0. The SMILES string of the molecule is C=Cc1cc(-c2cccc(-c3c4ccccc4c(-c4cccc5ccccc45)c4ccccc34)c2)ccc1/C=C\C.CC. The molecule has 7 aromatic rings. The fourth-order valence-corrected chi connectivity index (χ4v) is 6.29. The average molecular weight is 553 g/mol. The van der Waals surface area contributed by atoms with Crippen molar-refractivity contribution in [2.75, 3.05) is 0 Å². The van der Waals surface area contributed by atoms with Crippen LogP contribution in [0.4, 0.5) is 0 Å². The van der Waals surface area contributed by atoms with E-state index in [-0.39, 0.29) is 0 Å². The number of allylic oxidation sites excluding steroid dienone is 1. The normalized spacial score (nSPS) is 11.1. The second-order valence-corrected chi connectivity index (χ2v) is 10.5. The molecule has 0 atom stereocenters. The first-order valence-electron chi connectivity index (χ1n) is 15.2. The molecule has 0 unspecified atom stereocenters. The first-order chi connectivity index (χ1) is 21.3. The molecule has 0 saturated heterocycles. The fraction of sp³-hybridized carbons (Fsp3) is 0.0698. The molecule has 0 aliphatic rings. The van der Waals surface area contributed by atoms with Crippen LogP contribution < -0.4 is 0 Å². The van der Waals surface area contributed by atoms with Crippen molar-refractivity contribution in [3.05, 3.63) is 157 Å². The first kappa shape index (κ1) is 27.9. The molecule has 0 heteroatoms. The lowest BCUT2D eigenvalue weighted by atomic mass is 9.84. The number of fused-ring (bicyclic) bond motifs is 3. The number of benzene rings is 7. The van der Waals surface area contributed by atoms with Crippen LogP contribution in [0.3, 0.4) is 0 Å². The molecule has 43 heavy (non-hydrogen) atoms. The van der Waals surface area contributed by atoms with E-state index in [0.29, 0.717) is 0 Å². The van der Waals surface area contributed by atoms with Crippen LogP contribution in [0.25, 0.3) is 77.9 Å². The van der Waals surface area contributed by atoms with E-state index in [1.165, 1.54) is 71.3 Å². The lowest BCUT2D eigenvalue weighted by Gasteiger charge is -2.19. The maximum Gasteiger partial charge on any atom is -0.00201 e. The lowest BCUT2D eigenvalue weighted by Crippen LogP contribution is -1.92. The lowest BCUT2D eigenvalue weighted by molar-refractivity contribution is 1.50. The largest absolute Gasteiger partial charge is 0.0984 e. The quantitative estimate of drug-likeness (QED) is 0.186. The van der Waals surface area contributed by atoms with E-state index in [0.717, 1.165) is 5.56 Å². The van der Waals surface area contributed by atoms with Crippen molar-refractivity contribution in [1.29, 1.82) is 0 Å². The molecule has 0 aliphatic carbocycles. The minimum Gasteiger partial charge on any atom is -0.0984 e. The summed E-state index contributed by atoms with van der Waals surface area (Å²) >= 11 is 0. The van der Waals surface area contributed by atoms with Crippen molar-refractivity contribution in [3.8, 4) is 33.4 Å². The molecule has 0 radical (unpaired) electrons. The molecule has 0 amide bonds. The fourth-order valence-electron chi connectivity index (χ4n) is 6.29. The maximum absolute atomic E-state index is 4.06. The highest BCUT2D eigenvalue weighted by Crippen LogP contribution is 2.45. The van der Waals surface area contributed by atoms with Gasteiger partial charge in [0.05, 0.1) is 0 Å². The van der Waals surface area contributed by atoms with Crippen molar-refractivity contribution >= 4 is 44.5 Å². The standard InChI is InChI=1S/C41H30.C2H6/c1-3-13-29-24-25-32(26-28(29)4-2)31-16-11-17-33(27-31)40-36-19-7-9-21-38(36)41(39-22-10-8-20-37(39)40)35-23-12-15-30-14-5-6-18-34(30)35;1-2/h3-27H,2H2,1H3;1-2H3/b13-3-;. The molecule has 208 valence electrons. The van der Waals surface area contributed by atoms with Gasteiger partial charge < -0.3 is 0 Å². The Hall–Kier alpha value is -5.20. The Morgan fingerprint density at radius 1 is 0.465 bits per heavy atom. The molecule has 0 nitrogen and oxygen atoms in total. The van der Waals surface area contributed by atoms with Crippen molar-refractivity contribution in [3.63, 3.8) is 0 Å². The van der Waals surface area contributed by atoms with Gasteiger partial charge in [0, 0.05) is 0 Å². The maximum atomic E-state index is 4.06. The van der Waals surface area contributed by atoms with E-state index < -0.39 is 0 Å². The van der Waals surface area contributed by atoms with Gasteiger partial charge >= 0.3 is 0 Å². The van der Waals surface area contributed by atoms with Gasteiger partial charge in [0.15, 0.2) is 0 Å². The van der Waals surface area contributed by atoms with Crippen molar-refractivity contribution in [2.24, 2.45) is 0 Å². The van der Waals surface area contributed by atoms with Crippen molar-refractivity contribution < 1.29 is 0 Å². The van der Waals surface area contributed by atoms with Crippen LogP contribution in [0.5, 0.6) is 0 Å². The highest BCUT2D eigenvalue weighted by atomic mass is 14.2. The Bertz CT molecular complexity index is 2060. The Morgan fingerprint density at radius 3 is 1.65 bits per heavy atom. The number of hydrogen-bond acceptors (Lipinski definition) is 0. The first-order valence-corrected chi connectivity index (χ1v) is 15.2. The van der Waals surface area contributed by atoms with Crippen LogP contribution in [0.15, 0.2) is 146 Å². The minimum atomic E-state index is 1.14. The summed E-state index contributed by atoms with van der Waals surface area (Å²) in [5.41, 5.74) is 9.77. The van der Waals surface area contributed by atoms with Crippen molar-refractivity contribution in [1.82, 2.24) is 0 Å². The van der Waals surface area contributed by atoms with E-state index in [4.69, 9.17) is 0 Å². The number of rotatable bonds is 5. The second-order valence-electron chi connectivity index (χ2n) is 10.5. The molecule has 0 aromatic heterocycles. The van der Waals surface area contributed by atoms with Gasteiger partial charge in [0.25, 0.3) is 0 Å². The van der Waals surface area contributed by atoms with Crippen LogP contribution in [0.2, 0.25) is 0 Å². The van der Waals surface area contributed by atoms with Crippen LogP contribution in [0.1, 0.15) is 31.9 Å². The Labute approximate surface area is 255 Å². The molecule has 0 N–H and O–H groups in total. The third-order valence-corrected chi connectivity index (χ3v) is 8.13. The summed E-state index contributed by atoms with van der Waals surface area (Å²) in [6.45, 7) is 10.1. The highest BCUT2D eigenvalue weighted by Gasteiger charge is 2.18. The molecule has 7 rings (SSSR count). The van der Waals surface area contributed by atoms with Gasteiger partial charge in [-0.1, -0.05) is 160 Å². The van der Waals surface area contributed by atoms with Crippen LogP contribution >= 0.6 is 0 Å². The van der Waals surface area contributed by atoms with Crippen LogP contribution in [-0.4, -0.2) is 0 Å². The van der Waals surface area contributed by atoms with E-state index in [1.807, 2.05) is 26.8 Å². The molecule has 0 fully saturated rings. The monoisotopic (exact) mass is 552 g/mol. The topological polar surface area (TPSA) is 0 Å². The molecule has 0 spiro atoms. The van der Waals surface area contributed by atoms with Gasteiger partial charge in [0.1, 0.15) is 0 Å². The summed E-state index contributed by atoms with van der Waals surface area (Å²) < 4.78 is 0.